The maximum atomic E-state index is 6.76. The van der Waals surface area contributed by atoms with E-state index in [9.17, 15) is 0 Å². The summed E-state index contributed by atoms with van der Waals surface area (Å²) in [5, 5.41) is 4.90. The smallest absolute Gasteiger partial charge is 0.143 e. The highest BCUT2D eigenvalue weighted by atomic mass is 16.3. The molecule has 1 aliphatic rings. The number of hydrogen-bond donors (Lipinski definition) is 0. The van der Waals surface area contributed by atoms with Gasteiger partial charge in [-0.1, -0.05) is 91.8 Å². The molecule has 0 radical (unpaired) electrons. The lowest BCUT2D eigenvalue weighted by molar-refractivity contribution is 0.667. The van der Waals surface area contributed by atoms with Gasteiger partial charge < -0.3 is 8.83 Å². The average molecular weight is 723 g/mol. The highest BCUT2D eigenvalue weighted by Gasteiger charge is 2.24. The molecule has 0 N–H and O–H groups in total. The zero-order valence-corrected chi connectivity index (χ0v) is 33.9. The van der Waals surface area contributed by atoms with Gasteiger partial charge in [0.15, 0.2) is 0 Å². The molecule has 1 aliphatic carbocycles. The molecule has 9 rings (SSSR count). The molecule has 6 aromatic carbocycles. The van der Waals surface area contributed by atoms with Gasteiger partial charge in [-0.05, 0) is 172 Å². The van der Waals surface area contributed by atoms with Gasteiger partial charge in [0.2, 0.25) is 0 Å². The molecule has 2 heteroatoms. The SMILES string of the molecule is CCC(C)c1ccc2oc3c(-c4ccc5c(c4)-c4cc(-c6cc(C(C)CC)cc7c6oc6ccc(C(C)CC)cc67)ccc4C5)cc(C(C)CC)cc3c2c1. The zero-order chi connectivity index (χ0) is 38.1. The van der Waals surface area contributed by atoms with Gasteiger partial charge in [-0.15, -0.1) is 0 Å². The van der Waals surface area contributed by atoms with Crippen molar-refractivity contribution in [1.29, 1.82) is 0 Å². The Kier molecular flexibility index (Phi) is 9.00. The summed E-state index contributed by atoms with van der Waals surface area (Å²) in [6, 6.07) is 37.4. The zero-order valence-electron chi connectivity index (χ0n) is 33.9. The van der Waals surface area contributed by atoms with E-state index in [-0.39, 0.29) is 0 Å². The van der Waals surface area contributed by atoms with Crippen molar-refractivity contribution < 1.29 is 8.83 Å². The van der Waals surface area contributed by atoms with Gasteiger partial charge in [-0.3, -0.25) is 0 Å². The van der Waals surface area contributed by atoms with E-state index in [2.05, 4.69) is 152 Å². The summed E-state index contributed by atoms with van der Waals surface area (Å²) < 4.78 is 13.5. The van der Waals surface area contributed by atoms with E-state index in [1.807, 2.05) is 0 Å². The van der Waals surface area contributed by atoms with Crippen LogP contribution in [0, 0.1) is 0 Å². The molecule has 2 aromatic heterocycles. The average Bonchev–Trinajstić information content (AvgIpc) is 3.91. The lowest BCUT2D eigenvalue weighted by atomic mass is 9.89. The summed E-state index contributed by atoms with van der Waals surface area (Å²) in [5.41, 5.74) is 19.6. The van der Waals surface area contributed by atoms with E-state index < -0.39 is 0 Å². The number of furan rings is 2. The van der Waals surface area contributed by atoms with Crippen LogP contribution in [0.5, 0.6) is 0 Å². The molecule has 0 amide bonds. The Morgan fingerprint density at radius 2 is 0.782 bits per heavy atom. The van der Waals surface area contributed by atoms with Crippen LogP contribution in [0.25, 0.3) is 77.3 Å². The molecule has 8 aromatic rings. The third kappa shape index (κ3) is 5.92. The first-order valence-corrected chi connectivity index (χ1v) is 21.0. The third-order valence-corrected chi connectivity index (χ3v) is 13.5. The first-order chi connectivity index (χ1) is 26.7. The lowest BCUT2D eigenvalue weighted by Crippen LogP contribution is -1.94. The minimum atomic E-state index is 0.450. The van der Waals surface area contributed by atoms with Crippen molar-refractivity contribution in [2.24, 2.45) is 0 Å². The number of benzene rings is 6. The summed E-state index contributed by atoms with van der Waals surface area (Å²) >= 11 is 0. The maximum absolute atomic E-state index is 6.76. The summed E-state index contributed by atoms with van der Waals surface area (Å²) in [6.07, 6.45) is 5.37. The Morgan fingerprint density at radius 1 is 0.400 bits per heavy atom. The monoisotopic (exact) mass is 722 g/mol. The molecule has 4 atom stereocenters. The van der Waals surface area contributed by atoms with Crippen molar-refractivity contribution in [2.75, 3.05) is 0 Å². The first kappa shape index (κ1) is 35.6. The van der Waals surface area contributed by atoms with E-state index in [1.165, 1.54) is 88.3 Å². The molecule has 0 bridgehead atoms. The summed E-state index contributed by atoms with van der Waals surface area (Å²) in [5.74, 6) is 1.92. The van der Waals surface area contributed by atoms with Crippen LogP contribution in [0.3, 0.4) is 0 Å². The van der Waals surface area contributed by atoms with Gasteiger partial charge in [-0.25, -0.2) is 0 Å². The molecule has 0 aliphatic heterocycles. The van der Waals surface area contributed by atoms with Crippen molar-refractivity contribution in [3.63, 3.8) is 0 Å². The van der Waals surface area contributed by atoms with Crippen LogP contribution in [0.1, 0.15) is 138 Å². The Balaban J connectivity index is 1.20. The van der Waals surface area contributed by atoms with Gasteiger partial charge >= 0.3 is 0 Å². The Labute approximate surface area is 326 Å². The lowest BCUT2D eigenvalue weighted by Gasteiger charge is -2.14. The van der Waals surface area contributed by atoms with Gasteiger partial charge in [0.05, 0.1) is 0 Å². The molecule has 0 saturated carbocycles. The molecular formula is C53H54O2. The Morgan fingerprint density at radius 3 is 1.18 bits per heavy atom. The van der Waals surface area contributed by atoms with Crippen molar-refractivity contribution in [3.05, 3.63) is 130 Å². The maximum Gasteiger partial charge on any atom is 0.143 e. The van der Waals surface area contributed by atoms with Crippen LogP contribution in [0.2, 0.25) is 0 Å². The highest BCUT2D eigenvalue weighted by Crippen LogP contribution is 2.46. The normalized spacial score (nSPS) is 14.8. The van der Waals surface area contributed by atoms with Gasteiger partial charge in [-0.2, -0.15) is 0 Å². The van der Waals surface area contributed by atoms with E-state index in [4.69, 9.17) is 8.83 Å². The minimum absolute atomic E-state index is 0.450. The predicted octanol–water partition coefficient (Wildman–Crippen LogP) is 16.4. The fourth-order valence-corrected chi connectivity index (χ4v) is 8.89. The van der Waals surface area contributed by atoms with Crippen LogP contribution >= 0.6 is 0 Å². The molecule has 2 nitrogen and oxygen atoms in total. The van der Waals surface area contributed by atoms with Crippen molar-refractivity contribution in [3.8, 4) is 33.4 Å². The van der Waals surface area contributed by atoms with Gasteiger partial charge in [0.25, 0.3) is 0 Å². The quantitative estimate of drug-likeness (QED) is 0.140. The molecule has 55 heavy (non-hydrogen) atoms. The Bertz CT molecular complexity index is 2560. The van der Waals surface area contributed by atoms with Crippen molar-refractivity contribution >= 4 is 43.9 Å². The fourth-order valence-electron chi connectivity index (χ4n) is 8.89. The minimum Gasteiger partial charge on any atom is -0.455 e. The molecular weight excluding hydrogens is 669 g/mol. The van der Waals surface area contributed by atoms with Crippen LogP contribution in [0.4, 0.5) is 0 Å². The summed E-state index contributed by atoms with van der Waals surface area (Å²) in [4.78, 5) is 0. The molecule has 0 saturated heterocycles. The molecule has 278 valence electrons. The van der Waals surface area contributed by atoms with Crippen LogP contribution in [0.15, 0.2) is 106 Å². The number of fused-ring (bicyclic) bond motifs is 9. The second kappa shape index (κ2) is 13.9. The van der Waals surface area contributed by atoms with Crippen molar-refractivity contribution in [2.45, 2.75) is 111 Å². The second-order valence-electron chi connectivity index (χ2n) is 16.8. The van der Waals surface area contributed by atoms with Gasteiger partial charge in [0.1, 0.15) is 22.3 Å². The largest absolute Gasteiger partial charge is 0.455 e. The molecule has 0 fully saturated rings. The topological polar surface area (TPSA) is 26.3 Å². The fraction of sp³-hybridized carbons (Fsp3) is 0.321. The van der Waals surface area contributed by atoms with E-state index in [1.54, 1.807) is 0 Å². The molecule has 4 unspecified atom stereocenters. The van der Waals surface area contributed by atoms with Crippen molar-refractivity contribution in [1.82, 2.24) is 0 Å². The predicted molar refractivity (Wildman–Crippen MR) is 235 cm³/mol. The standard InChI is InChI=1S/C53H54O2/c1-9-30(5)34-17-19-50-46(22-34)48-28-40(32(7)11-3)26-44(52(48)54-50)38-15-13-36-21-37-14-16-39(25-43(37)42(36)24-38)45-27-41(33(8)12-4)29-49-47-23-35(31(6)10-2)18-20-51(47)55-53(45)49/h13-20,22-33H,9-12,21H2,1-8H3. The van der Waals surface area contributed by atoms with Crippen LogP contribution in [-0.2, 0) is 6.42 Å². The third-order valence-electron chi connectivity index (χ3n) is 13.5. The second-order valence-corrected chi connectivity index (χ2v) is 16.8. The van der Waals surface area contributed by atoms with Crippen LogP contribution in [-0.4, -0.2) is 0 Å². The highest BCUT2D eigenvalue weighted by molar-refractivity contribution is 6.12. The first-order valence-electron chi connectivity index (χ1n) is 21.0. The number of rotatable bonds is 10. The van der Waals surface area contributed by atoms with E-state index in [0.717, 1.165) is 54.4 Å². The van der Waals surface area contributed by atoms with Crippen LogP contribution < -0.4 is 0 Å². The summed E-state index contributed by atoms with van der Waals surface area (Å²) in [6.45, 7) is 18.4. The molecule has 0 spiro atoms. The van der Waals surface area contributed by atoms with Gasteiger partial charge in [0, 0.05) is 32.7 Å². The Hall–Kier alpha value is -5.08. The van der Waals surface area contributed by atoms with E-state index in [0.29, 0.717) is 23.7 Å². The number of hydrogen-bond acceptors (Lipinski definition) is 2. The van der Waals surface area contributed by atoms with E-state index >= 15 is 0 Å². The molecule has 2 heterocycles. The summed E-state index contributed by atoms with van der Waals surface area (Å²) in [7, 11) is 0.